The maximum Gasteiger partial charge on any atom is 0.353 e. The number of hydrogen-bond acceptors (Lipinski definition) is 0. The Hall–Kier alpha value is -0.553. The Balaban J connectivity index is 1.32. The molecule has 6 heteroatoms. The van der Waals surface area contributed by atoms with Crippen LogP contribution in [0.15, 0.2) is 12.1 Å². The fraction of sp³-hybridized carbons (Fsp3) is 0.778. The molecule has 0 radical (unpaired) electrons. The average molecular weight is 505 g/mol. The molecule has 0 N–H and O–H groups in total. The smallest absolute Gasteiger partial charge is 0.206 e. The van der Waals surface area contributed by atoms with Crippen molar-refractivity contribution in [3.8, 4) is 0 Å². The van der Waals surface area contributed by atoms with E-state index in [1.165, 1.54) is 57.8 Å². The molecule has 0 unspecified atom stereocenters. The van der Waals surface area contributed by atoms with Crippen LogP contribution in [0.25, 0.3) is 0 Å². The third-order valence-corrected chi connectivity index (χ3v) is 12.0. The third-order valence-electron chi connectivity index (χ3n) is 8.32. The minimum absolute atomic E-state index is 0.0416. The van der Waals surface area contributed by atoms with Crippen molar-refractivity contribution < 1.29 is 17.6 Å². The summed E-state index contributed by atoms with van der Waals surface area (Å²) in [5, 5.41) is -4.03. The molecule has 1 saturated carbocycles. The second-order valence-electron chi connectivity index (χ2n) is 10.7. The van der Waals surface area contributed by atoms with E-state index in [2.05, 4.69) is 6.92 Å². The predicted octanol–water partition coefficient (Wildman–Crippen LogP) is 9.91. The van der Waals surface area contributed by atoms with Crippen molar-refractivity contribution in [2.75, 3.05) is 0 Å². The molecule has 188 valence electrons. The van der Waals surface area contributed by atoms with Gasteiger partial charge in [-0.1, -0.05) is 82.8 Å². The van der Waals surface area contributed by atoms with Crippen LogP contribution in [-0.4, -0.2) is 8.80 Å². The Morgan fingerprint density at radius 1 is 0.848 bits per heavy atom. The number of halogens is 5. The summed E-state index contributed by atoms with van der Waals surface area (Å²) in [5.74, 6) is -0.803. The lowest BCUT2D eigenvalue weighted by Gasteiger charge is -2.30. The maximum absolute atomic E-state index is 14.1. The molecule has 1 heterocycles. The Bertz CT molecular complexity index is 696. The number of benzene rings is 1. The molecule has 2 fully saturated rings. The van der Waals surface area contributed by atoms with Crippen molar-refractivity contribution in [3.63, 3.8) is 0 Å². The molecule has 3 rings (SSSR count). The van der Waals surface area contributed by atoms with Gasteiger partial charge in [-0.15, -0.1) is 0 Å². The summed E-state index contributed by atoms with van der Waals surface area (Å²) in [6.07, 6.45) is 16.3. The van der Waals surface area contributed by atoms with Gasteiger partial charge in [-0.3, -0.25) is 0 Å². The van der Waals surface area contributed by atoms with Crippen molar-refractivity contribution in [2.45, 2.75) is 120 Å². The molecular formula is C27H41ClF4Si. The zero-order chi connectivity index (χ0) is 23.8. The van der Waals surface area contributed by atoms with Crippen molar-refractivity contribution in [1.29, 1.82) is 0 Å². The Morgan fingerprint density at radius 2 is 1.39 bits per heavy atom. The van der Waals surface area contributed by atoms with Crippen LogP contribution < -0.4 is 0 Å². The first-order valence-corrected chi connectivity index (χ1v) is 16.2. The standard InChI is InChI=1S/C27H41ClF4Si/c1-2-3-6-15-33-16-13-21(14-17-33)8-5-4-7-20-9-11-22(12-10-20)23-18-24(29)26(25(30)19-23)27(28,31)32/h18-22,33H,2-17H2,1H3/t20-,21-,22-,33-. The molecule has 0 spiro atoms. The van der Waals surface area contributed by atoms with Crippen molar-refractivity contribution in [3.05, 3.63) is 34.9 Å². The van der Waals surface area contributed by atoms with Crippen LogP contribution in [0.1, 0.15) is 107 Å². The topological polar surface area (TPSA) is 0 Å². The van der Waals surface area contributed by atoms with Crippen LogP contribution in [0, 0.1) is 23.5 Å². The van der Waals surface area contributed by atoms with Gasteiger partial charge in [0.2, 0.25) is 0 Å². The van der Waals surface area contributed by atoms with Gasteiger partial charge in [-0.05, 0) is 72.7 Å². The number of unbranched alkanes of at least 4 members (excludes halogenated alkanes) is 3. The molecule has 0 bridgehead atoms. The van der Waals surface area contributed by atoms with E-state index in [0.29, 0.717) is 11.5 Å². The highest BCUT2D eigenvalue weighted by Crippen LogP contribution is 2.41. The molecule has 1 aromatic carbocycles. The highest BCUT2D eigenvalue weighted by atomic mass is 35.5. The summed E-state index contributed by atoms with van der Waals surface area (Å²) < 4.78 is 54.6. The van der Waals surface area contributed by atoms with Gasteiger partial charge in [0.05, 0.1) is 0 Å². The number of alkyl halides is 3. The van der Waals surface area contributed by atoms with Crippen molar-refractivity contribution in [1.82, 2.24) is 0 Å². The lowest BCUT2D eigenvalue weighted by molar-refractivity contribution is 0.0857. The maximum atomic E-state index is 14.1. The molecule has 1 aliphatic heterocycles. The van der Waals surface area contributed by atoms with Crippen LogP contribution >= 0.6 is 11.6 Å². The molecule has 0 atom stereocenters. The van der Waals surface area contributed by atoms with Gasteiger partial charge in [0.15, 0.2) is 0 Å². The summed E-state index contributed by atoms with van der Waals surface area (Å²) >= 11 is 4.85. The minimum atomic E-state index is -4.03. The monoisotopic (exact) mass is 504 g/mol. The van der Waals surface area contributed by atoms with Gasteiger partial charge in [0.1, 0.15) is 17.2 Å². The Kier molecular flexibility index (Phi) is 10.6. The summed E-state index contributed by atoms with van der Waals surface area (Å²) in [6.45, 7) is 2.29. The molecule has 2 aliphatic rings. The average Bonchev–Trinajstić information content (AvgIpc) is 2.77. The van der Waals surface area contributed by atoms with Crippen LogP contribution in [0.4, 0.5) is 17.6 Å². The van der Waals surface area contributed by atoms with Gasteiger partial charge in [0.25, 0.3) is 0 Å². The third kappa shape index (κ3) is 8.26. The first-order chi connectivity index (χ1) is 15.8. The molecule has 1 saturated heterocycles. The van der Waals surface area contributed by atoms with Gasteiger partial charge in [-0.25, -0.2) is 8.78 Å². The van der Waals surface area contributed by atoms with E-state index in [1.807, 2.05) is 0 Å². The first-order valence-electron chi connectivity index (χ1n) is 13.3. The van der Waals surface area contributed by atoms with E-state index in [4.69, 9.17) is 11.6 Å². The Labute approximate surface area is 204 Å². The zero-order valence-electron chi connectivity index (χ0n) is 20.2. The SMILES string of the molecule is CCCCC[Si@H]1CC[C@H](CCCC[C@H]2CC[C@H](c3cc(F)c(C(F)(F)Cl)c(F)c3)CC2)CC1. The predicted molar refractivity (Wildman–Crippen MR) is 133 cm³/mol. The normalized spacial score (nSPS) is 26.5. The van der Waals surface area contributed by atoms with Gasteiger partial charge in [0, 0.05) is 8.80 Å². The fourth-order valence-corrected chi connectivity index (χ4v) is 10.0. The second-order valence-corrected chi connectivity index (χ2v) is 14.7. The number of rotatable bonds is 11. The van der Waals surface area contributed by atoms with E-state index in [9.17, 15) is 17.6 Å². The largest absolute Gasteiger partial charge is 0.353 e. The van der Waals surface area contributed by atoms with Crippen molar-refractivity contribution in [2.24, 2.45) is 11.8 Å². The van der Waals surface area contributed by atoms with Crippen molar-refractivity contribution >= 4 is 20.4 Å². The highest BCUT2D eigenvalue weighted by molar-refractivity contribution is 6.58. The lowest BCUT2D eigenvalue weighted by atomic mass is 9.76. The van der Waals surface area contributed by atoms with E-state index < -0.39 is 31.4 Å². The van der Waals surface area contributed by atoms with Crippen LogP contribution in [0.3, 0.4) is 0 Å². The van der Waals surface area contributed by atoms with Crippen LogP contribution in [0.5, 0.6) is 0 Å². The molecule has 1 aliphatic carbocycles. The first kappa shape index (κ1) is 27.0. The summed E-state index contributed by atoms with van der Waals surface area (Å²) in [6, 6.07) is 6.83. The highest BCUT2D eigenvalue weighted by Gasteiger charge is 2.36. The molecule has 0 aromatic heterocycles. The van der Waals surface area contributed by atoms with E-state index in [-0.39, 0.29) is 5.92 Å². The summed E-state index contributed by atoms with van der Waals surface area (Å²) in [5.41, 5.74) is -0.851. The lowest BCUT2D eigenvalue weighted by Crippen LogP contribution is -2.21. The van der Waals surface area contributed by atoms with Gasteiger partial charge in [-0.2, -0.15) is 8.78 Å². The fourth-order valence-electron chi connectivity index (χ4n) is 6.24. The molecule has 33 heavy (non-hydrogen) atoms. The molecular weight excluding hydrogens is 464 g/mol. The molecule has 1 aromatic rings. The second kappa shape index (κ2) is 12.9. The van der Waals surface area contributed by atoms with E-state index in [1.54, 1.807) is 18.1 Å². The summed E-state index contributed by atoms with van der Waals surface area (Å²) in [4.78, 5) is 0. The van der Waals surface area contributed by atoms with Crippen LogP contribution in [-0.2, 0) is 5.38 Å². The van der Waals surface area contributed by atoms with Crippen LogP contribution in [0.2, 0.25) is 18.1 Å². The summed E-state index contributed by atoms with van der Waals surface area (Å²) in [7, 11) is -0.401. The quantitative estimate of drug-likeness (QED) is 0.122. The number of hydrogen-bond donors (Lipinski definition) is 0. The van der Waals surface area contributed by atoms with Gasteiger partial charge < -0.3 is 0 Å². The molecule has 0 amide bonds. The Morgan fingerprint density at radius 3 is 1.91 bits per heavy atom. The van der Waals surface area contributed by atoms with E-state index >= 15 is 0 Å². The minimum Gasteiger partial charge on any atom is -0.206 e. The zero-order valence-corrected chi connectivity index (χ0v) is 22.1. The molecule has 0 nitrogen and oxygen atoms in total. The van der Waals surface area contributed by atoms with E-state index in [0.717, 1.165) is 43.7 Å². The van der Waals surface area contributed by atoms with Gasteiger partial charge >= 0.3 is 5.38 Å².